The highest BCUT2D eigenvalue weighted by Gasteiger charge is 2.15. The zero-order valence-corrected chi connectivity index (χ0v) is 16.5. The Hall–Kier alpha value is -2.99. The van der Waals surface area contributed by atoms with Crippen LogP contribution in [-0.4, -0.2) is 20.9 Å². The van der Waals surface area contributed by atoms with Gasteiger partial charge < -0.3 is 10.1 Å². The molecule has 0 aliphatic heterocycles. The quantitative estimate of drug-likeness (QED) is 0.648. The molecule has 3 aromatic rings. The average Bonchev–Trinajstić information content (AvgIpc) is 2.72. The normalized spacial score (nSPS) is 10.7. The molecule has 2 heterocycles. The van der Waals surface area contributed by atoms with E-state index >= 15 is 0 Å². The number of carbonyl (C=O) groups excluding carboxylic acids is 1. The first-order valence-corrected chi connectivity index (χ1v) is 9.33. The van der Waals surface area contributed by atoms with E-state index in [1.165, 1.54) is 6.20 Å². The second kappa shape index (κ2) is 9.28. The van der Waals surface area contributed by atoms with Gasteiger partial charge in [0.2, 0.25) is 0 Å². The molecule has 0 fully saturated rings. The van der Waals surface area contributed by atoms with Gasteiger partial charge >= 0.3 is 0 Å². The van der Waals surface area contributed by atoms with Crippen LogP contribution in [0.4, 0.5) is 0 Å². The number of halogens is 1. The third kappa shape index (κ3) is 5.27. The Morgan fingerprint density at radius 3 is 2.61 bits per heavy atom. The minimum absolute atomic E-state index is 0.113. The molecule has 28 heavy (non-hydrogen) atoms. The summed E-state index contributed by atoms with van der Waals surface area (Å²) in [5.74, 6) is 1.11. The van der Waals surface area contributed by atoms with Crippen LogP contribution in [0, 0.1) is 0 Å². The van der Waals surface area contributed by atoms with Crippen LogP contribution in [0.15, 0.2) is 54.9 Å². The summed E-state index contributed by atoms with van der Waals surface area (Å²) >= 11 is 6.08. The summed E-state index contributed by atoms with van der Waals surface area (Å²) in [6.45, 7) is 4.68. The van der Waals surface area contributed by atoms with E-state index in [4.69, 9.17) is 16.3 Å². The number of carbonyl (C=O) groups is 1. The summed E-state index contributed by atoms with van der Waals surface area (Å²) in [5, 5.41) is 3.07. The van der Waals surface area contributed by atoms with Gasteiger partial charge in [-0.2, -0.15) is 0 Å². The lowest BCUT2D eigenvalue weighted by molar-refractivity contribution is 0.0945. The molecule has 7 heteroatoms. The van der Waals surface area contributed by atoms with Crippen LogP contribution in [0.1, 0.15) is 47.3 Å². The van der Waals surface area contributed by atoms with Gasteiger partial charge in [-0.3, -0.25) is 9.78 Å². The molecule has 0 atom stereocenters. The third-order valence-electron chi connectivity index (χ3n) is 3.98. The Labute approximate surface area is 169 Å². The highest BCUT2D eigenvalue weighted by molar-refractivity contribution is 6.33. The van der Waals surface area contributed by atoms with Crippen molar-refractivity contribution in [1.82, 2.24) is 20.3 Å². The fourth-order valence-electron chi connectivity index (χ4n) is 2.43. The first-order valence-electron chi connectivity index (χ1n) is 8.95. The maximum atomic E-state index is 12.4. The summed E-state index contributed by atoms with van der Waals surface area (Å²) in [6.07, 6.45) is 3.20. The van der Waals surface area contributed by atoms with Crippen LogP contribution < -0.4 is 10.1 Å². The van der Waals surface area contributed by atoms with Gasteiger partial charge in [-0.25, -0.2) is 9.97 Å². The van der Waals surface area contributed by atoms with Crippen molar-refractivity contribution in [3.63, 3.8) is 0 Å². The van der Waals surface area contributed by atoms with Crippen molar-refractivity contribution in [2.24, 2.45) is 0 Å². The van der Waals surface area contributed by atoms with E-state index in [0.29, 0.717) is 19.0 Å². The van der Waals surface area contributed by atoms with Gasteiger partial charge in [-0.05, 0) is 29.8 Å². The molecule has 0 unspecified atom stereocenters. The van der Waals surface area contributed by atoms with E-state index in [1.54, 1.807) is 6.20 Å². The van der Waals surface area contributed by atoms with Gasteiger partial charge in [0, 0.05) is 18.7 Å². The summed E-state index contributed by atoms with van der Waals surface area (Å²) < 4.78 is 5.71. The molecule has 6 nitrogen and oxygen atoms in total. The third-order valence-corrected chi connectivity index (χ3v) is 4.26. The van der Waals surface area contributed by atoms with E-state index in [2.05, 4.69) is 20.3 Å². The second-order valence-corrected chi connectivity index (χ2v) is 6.92. The number of aromatic nitrogens is 3. The molecule has 0 saturated heterocycles. The van der Waals surface area contributed by atoms with Gasteiger partial charge in [0.15, 0.2) is 0 Å². The number of hydrogen-bond acceptors (Lipinski definition) is 5. The molecule has 0 saturated carbocycles. The summed E-state index contributed by atoms with van der Waals surface area (Å²) in [7, 11) is 0. The molecule has 144 valence electrons. The van der Waals surface area contributed by atoms with Crippen LogP contribution >= 0.6 is 11.6 Å². The van der Waals surface area contributed by atoms with Crippen molar-refractivity contribution in [2.75, 3.05) is 0 Å². The predicted octanol–water partition coefficient (Wildman–Crippen LogP) is 4.16. The monoisotopic (exact) mass is 396 g/mol. The molecule has 1 aromatic carbocycles. The Morgan fingerprint density at radius 2 is 1.93 bits per heavy atom. The van der Waals surface area contributed by atoms with Crippen LogP contribution in [-0.2, 0) is 13.2 Å². The van der Waals surface area contributed by atoms with Crippen LogP contribution in [0.5, 0.6) is 5.75 Å². The van der Waals surface area contributed by atoms with Gasteiger partial charge in [0.05, 0.1) is 16.9 Å². The molecule has 3 rings (SSSR count). The van der Waals surface area contributed by atoms with Crippen LogP contribution in [0.25, 0.3) is 0 Å². The number of nitrogens with zero attached hydrogens (tertiary/aromatic N) is 3. The molecular formula is C21H21ClN4O2. The largest absolute Gasteiger partial charge is 0.487 e. The molecular weight excluding hydrogens is 376 g/mol. The zero-order chi connectivity index (χ0) is 19.9. The highest BCUT2D eigenvalue weighted by atomic mass is 35.5. The minimum Gasteiger partial charge on any atom is -0.487 e. The summed E-state index contributed by atoms with van der Waals surface area (Å²) in [5.41, 5.74) is 1.99. The first kappa shape index (κ1) is 19.8. The summed E-state index contributed by atoms with van der Waals surface area (Å²) in [6, 6.07) is 13.2. The minimum atomic E-state index is -0.329. The van der Waals surface area contributed by atoms with E-state index in [9.17, 15) is 4.79 Å². The number of rotatable bonds is 7. The molecule has 0 radical (unpaired) electrons. The second-order valence-electron chi connectivity index (χ2n) is 6.52. The van der Waals surface area contributed by atoms with E-state index in [0.717, 1.165) is 17.0 Å². The zero-order valence-electron chi connectivity index (χ0n) is 15.7. The predicted molar refractivity (Wildman–Crippen MR) is 107 cm³/mol. The van der Waals surface area contributed by atoms with Crippen molar-refractivity contribution >= 4 is 17.5 Å². The van der Waals surface area contributed by atoms with Crippen molar-refractivity contribution in [1.29, 1.82) is 0 Å². The average molecular weight is 397 g/mol. The molecule has 0 aliphatic rings. The van der Waals surface area contributed by atoms with E-state index in [1.807, 2.05) is 56.3 Å². The number of hydrogen-bond donors (Lipinski definition) is 1. The fourth-order valence-corrected chi connectivity index (χ4v) is 2.61. The molecule has 2 aromatic heterocycles. The molecule has 0 bridgehead atoms. The van der Waals surface area contributed by atoms with Gasteiger partial charge in [0.25, 0.3) is 5.91 Å². The number of benzene rings is 1. The molecule has 1 amide bonds. The van der Waals surface area contributed by atoms with E-state index < -0.39 is 0 Å². The molecule has 0 aliphatic carbocycles. The number of pyridine rings is 1. The lowest BCUT2D eigenvalue weighted by Gasteiger charge is -2.10. The number of amides is 1. The summed E-state index contributed by atoms with van der Waals surface area (Å²) in [4.78, 5) is 25.1. The lowest BCUT2D eigenvalue weighted by Crippen LogP contribution is -2.25. The Morgan fingerprint density at radius 1 is 1.14 bits per heavy atom. The van der Waals surface area contributed by atoms with Gasteiger partial charge in [-0.1, -0.05) is 43.6 Å². The van der Waals surface area contributed by atoms with Crippen molar-refractivity contribution in [3.05, 3.63) is 82.7 Å². The lowest BCUT2D eigenvalue weighted by atomic mass is 10.2. The van der Waals surface area contributed by atoms with Crippen molar-refractivity contribution in [3.8, 4) is 5.75 Å². The maximum absolute atomic E-state index is 12.4. The Bertz CT molecular complexity index is 931. The smallest absolute Gasteiger partial charge is 0.271 e. The van der Waals surface area contributed by atoms with Crippen LogP contribution in [0.3, 0.4) is 0 Å². The van der Waals surface area contributed by atoms with Crippen LogP contribution in [0.2, 0.25) is 5.02 Å². The molecule has 0 spiro atoms. The number of nitrogens with one attached hydrogen (secondary N) is 1. The maximum Gasteiger partial charge on any atom is 0.271 e. The fraction of sp³-hybridized carbons (Fsp3) is 0.238. The highest BCUT2D eigenvalue weighted by Crippen LogP contribution is 2.17. The van der Waals surface area contributed by atoms with Gasteiger partial charge in [0.1, 0.15) is 23.9 Å². The Kier molecular flexibility index (Phi) is 6.55. The van der Waals surface area contributed by atoms with E-state index in [-0.39, 0.29) is 22.5 Å². The van der Waals surface area contributed by atoms with Crippen molar-refractivity contribution < 1.29 is 9.53 Å². The van der Waals surface area contributed by atoms with Gasteiger partial charge in [-0.15, -0.1) is 0 Å². The standard InChI is InChI=1S/C21H21ClN4O2/c1-14(2)20-24-12-18(22)19(26-20)21(27)25-11-15-6-8-17(9-7-15)28-13-16-5-3-4-10-23-16/h3-10,12,14H,11,13H2,1-2H3,(H,25,27). The SMILES string of the molecule is CC(C)c1ncc(Cl)c(C(=O)NCc2ccc(OCc3ccccn3)cc2)n1. The molecule has 1 N–H and O–H groups in total. The van der Waals surface area contributed by atoms with Crippen molar-refractivity contribution in [2.45, 2.75) is 32.9 Å². The first-order chi connectivity index (χ1) is 13.5. The Balaban J connectivity index is 1.56. The topological polar surface area (TPSA) is 77.0 Å². The number of ether oxygens (including phenoxy) is 1.